The molecule has 3 heterocycles. The number of hydrogen-bond acceptors (Lipinski definition) is 6. The zero-order valence-electron chi connectivity index (χ0n) is 20.6. The van der Waals surface area contributed by atoms with E-state index in [1.165, 1.54) is 10.4 Å². The van der Waals surface area contributed by atoms with E-state index in [0.717, 1.165) is 58.0 Å². The Morgan fingerprint density at radius 1 is 1.08 bits per heavy atom. The fourth-order valence-electron chi connectivity index (χ4n) is 4.19. The van der Waals surface area contributed by atoms with Crippen LogP contribution >= 0.6 is 46.3 Å². The van der Waals surface area contributed by atoms with Crippen molar-refractivity contribution in [2.45, 2.75) is 63.0 Å². The van der Waals surface area contributed by atoms with Crippen LogP contribution in [0.15, 0.2) is 47.5 Å². The first-order valence-corrected chi connectivity index (χ1v) is 14.7. The Hall–Kier alpha value is -1.83. The molecule has 0 spiro atoms. The maximum Gasteiger partial charge on any atom is 0.162 e. The van der Waals surface area contributed by atoms with Crippen molar-refractivity contribution < 1.29 is 9.47 Å². The van der Waals surface area contributed by atoms with Gasteiger partial charge in [-0.15, -0.1) is 23.1 Å². The van der Waals surface area contributed by atoms with Crippen molar-refractivity contribution in [1.82, 2.24) is 9.97 Å². The zero-order chi connectivity index (χ0) is 25.3. The van der Waals surface area contributed by atoms with E-state index in [2.05, 4.69) is 20.8 Å². The van der Waals surface area contributed by atoms with Gasteiger partial charge in [-0.1, -0.05) is 42.6 Å². The van der Waals surface area contributed by atoms with Crippen LogP contribution in [0.25, 0.3) is 21.6 Å². The second kappa shape index (κ2) is 10.9. The fraction of sp³-hybridized carbons (Fsp3) is 0.357. The van der Waals surface area contributed by atoms with E-state index in [1.54, 1.807) is 23.1 Å². The lowest BCUT2D eigenvalue weighted by Gasteiger charge is -2.30. The summed E-state index contributed by atoms with van der Waals surface area (Å²) in [5.74, 6) is 2.19. The Morgan fingerprint density at radius 3 is 2.56 bits per heavy atom. The first-order chi connectivity index (χ1) is 17.3. The Labute approximate surface area is 230 Å². The van der Waals surface area contributed by atoms with Gasteiger partial charge in [0, 0.05) is 38.0 Å². The number of aromatic nitrogens is 2. The number of thiophene rings is 1. The van der Waals surface area contributed by atoms with E-state index in [-0.39, 0.29) is 5.60 Å². The summed E-state index contributed by atoms with van der Waals surface area (Å²) in [4.78, 5) is 12.3. The number of hydrogen-bond donors (Lipinski definition) is 0. The number of unbranched alkanes of at least 4 members (excludes halogenated alkanes) is 1. The van der Waals surface area contributed by atoms with E-state index in [0.29, 0.717) is 28.2 Å². The van der Waals surface area contributed by atoms with Gasteiger partial charge in [0.05, 0.1) is 18.8 Å². The van der Waals surface area contributed by atoms with E-state index in [1.807, 2.05) is 42.5 Å². The number of fused-ring (bicyclic) bond motifs is 3. The van der Waals surface area contributed by atoms with Gasteiger partial charge in [-0.05, 0) is 67.8 Å². The van der Waals surface area contributed by atoms with Gasteiger partial charge in [0.25, 0.3) is 0 Å². The molecule has 1 aliphatic heterocycles. The molecule has 2 aromatic carbocycles. The van der Waals surface area contributed by atoms with Crippen LogP contribution in [-0.4, -0.2) is 22.2 Å². The highest BCUT2D eigenvalue weighted by Crippen LogP contribution is 2.43. The predicted octanol–water partition coefficient (Wildman–Crippen LogP) is 8.99. The maximum absolute atomic E-state index is 6.48. The molecular weight excluding hydrogens is 531 g/mol. The molecule has 188 valence electrons. The molecule has 0 N–H and O–H groups in total. The molecule has 0 atom stereocenters. The molecule has 4 nitrogen and oxygen atoms in total. The summed E-state index contributed by atoms with van der Waals surface area (Å²) in [6.07, 6.45) is 2.98. The van der Waals surface area contributed by atoms with Crippen LogP contribution in [0.4, 0.5) is 0 Å². The number of nitrogens with zero attached hydrogens (tertiary/aromatic N) is 2. The Balaban J connectivity index is 1.54. The molecule has 36 heavy (non-hydrogen) atoms. The molecule has 0 fully saturated rings. The fourth-order valence-corrected chi connectivity index (χ4v) is 7.15. The highest BCUT2D eigenvalue weighted by molar-refractivity contribution is 7.98. The number of thioether (sulfide) groups is 1. The van der Waals surface area contributed by atoms with Gasteiger partial charge < -0.3 is 9.47 Å². The molecule has 0 unspecified atom stereocenters. The molecule has 0 saturated carbocycles. The Bertz CT molecular complexity index is 1370. The third-order valence-electron chi connectivity index (χ3n) is 6.19. The van der Waals surface area contributed by atoms with Crippen LogP contribution in [0.1, 0.15) is 49.6 Å². The molecule has 0 radical (unpaired) electrons. The average Bonchev–Trinajstić information content (AvgIpc) is 3.21. The second-order valence-electron chi connectivity index (χ2n) is 9.48. The van der Waals surface area contributed by atoms with Crippen LogP contribution in [-0.2, 0) is 23.5 Å². The minimum absolute atomic E-state index is 0.221. The van der Waals surface area contributed by atoms with Gasteiger partial charge in [0.1, 0.15) is 15.6 Å². The third-order valence-corrected chi connectivity index (χ3v) is 9.00. The van der Waals surface area contributed by atoms with E-state index in [4.69, 9.17) is 42.6 Å². The van der Waals surface area contributed by atoms with Crippen LogP contribution in [0.2, 0.25) is 10.0 Å². The predicted molar refractivity (Wildman–Crippen MR) is 152 cm³/mol. The first-order valence-electron chi connectivity index (χ1n) is 12.1. The summed E-state index contributed by atoms with van der Waals surface area (Å²) in [6.45, 7) is 7.75. The van der Waals surface area contributed by atoms with E-state index in [9.17, 15) is 0 Å². The van der Waals surface area contributed by atoms with Gasteiger partial charge in [-0.25, -0.2) is 9.97 Å². The average molecular weight is 560 g/mol. The summed E-state index contributed by atoms with van der Waals surface area (Å²) in [5, 5.41) is 3.41. The number of rotatable bonds is 8. The minimum atomic E-state index is -0.221. The van der Waals surface area contributed by atoms with Crippen molar-refractivity contribution >= 4 is 56.5 Å². The number of benzene rings is 2. The summed E-state index contributed by atoms with van der Waals surface area (Å²) in [6, 6.07) is 13.7. The topological polar surface area (TPSA) is 44.2 Å². The Kier molecular flexibility index (Phi) is 7.80. The molecule has 0 saturated heterocycles. The van der Waals surface area contributed by atoms with Crippen molar-refractivity contribution in [2.75, 3.05) is 6.61 Å². The second-order valence-corrected chi connectivity index (χ2v) is 12.3. The van der Waals surface area contributed by atoms with Crippen molar-refractivity contribution in [3.63, 3.8) is 0 Å². The molecule has 1 aliphatic rings. The van der Waals surface area contributed by atoms with Gasteiger partial charge >= 0.3 is 0 Å². The van der Waals surface area contributed by atoms with Gasteiger partial charge in [-0.2, -0.15) is 0 Å². The van der Waals surface area contributed by atoms with Crippen LogP contribution in [0, 0.1) is 0 Å². The normalized spacial score (nSPS) is 14.7. The highest BCUT2D eigenvalue weighted by atomic mass is 35.5. The van der Waals surface area contributed by atoms with Crippen molar-refractivity contribution in [2.24, 2.45) is 0 Å². The zero-order valence-corrected chi connectivity index (χ0v) is 23.7. The molecule has 5 rings (SSSR count). The van der Waals surface area contributed by atoms with E-state index >= 15 is 0 Å². The maximum atomic E-state index is 6.48. The lowest BCUT2D eigenvalue weighted by molar-refractivity contribution is -0.0379. The van der Waals surface area contributed by atoms with Crippen molar-refractivity contribution in [3.05, 3.63) is 68.5 Å². The van der Waals surface area contributed by atoms with Crippen molar-refractivity contribution in [3.8, 4) is 17.1 Å². The molecule has 0 amide bonds. The highest BCUT2D eigenvalue weighted by Gasteiger charge is 2.31. The molecule has 0 aliphatic carbocycles. The van der Waals surface area contributed by atoms with Crippen LogP contribution < -0.4 is 4.74 Å². The molecule has 8 heteroatoms. The summed E-state index contributed by atoms with van der Waals surface area (Å²) in [5.41, 5.74) is 2.95. The van der Waals surface area contributed by atoms with E-state index < -0.39 is 0 Å². The SMILES string of the molecule is CCCCOc1ccc(-c2nc(SCc3c(Cl)cccc3Cl)c3c4c(sc3n2)COC(C)(C)C4)cc1. The smallest absolute Gasteiger partial charge is 0.162 e. The van der Waals surface area contributed by atoms with Crippen LogP contribution in [0.3, 0.4) is 0 Å². The number of halogens is 2. The van der Waals surface area contributed by atoms with Crippen LogP contribution in [0.5, 0.6) is 5.75 Å². The first kappa shape index (κ1) is 25.8. The quantitative estimate of drug-likeness (QED) is 0.122. The minimum Gasteiger partial charge on any atom is -0.494 e. The monoisotopic (exact) mass is 558 g/mol. The molecular formula is C28H28Cl2N2O2S2. The Morgan fingerprint density at radius 2 is 1.83 bits per heavy atom. The molecule has 2 aromatic heterocycles. The lowest BCUT2D eigenvalue weighted by atomic mass is 9.94. The van der Waals surface area contributed by atoms with Gasteiger partial charge in [-0.3, -0.25) is 0 Å². The standard InChI is InChI=1S/C28H28Cl2N2O2S2/c1-4-5-13-33-18-11-9-17(10-12-18)25-31-26(35-16-20-21(29)7-6-8-22(20)30)24-19-14-28(2,3)34-15-23(19)36-27(24)32-25/h6-12H,4-5,13-16H2,1-3H3. The van der Waals surface area contributed by atoms with Gasteiger partial charge in [0.2, 0.25) is 0 Å². The van der Waals surface area contributed by atoms with Crippen molar-refractivity contribution in [1.29, 1.82) is 0 Å². The van der Waals surface area contributed by atoms with Gasteiger partial charge in [0.15, 0.2) is 5.82 Å². The largest absolute Gasteiger partial charge is 0.494 e. The summed E-state index contributed by atoms with van der Waals surface area (Å²) < 4.78 is 11.9. The third kappa shape index (κ3) is 5.53. The summed E-state index contributed by atoms with van der Waals surface area (Å²) >= 11 is 16.3. The summed E-state index contributed by atoms with van der Waals surface area (Å²) in [7, 11) is 0. The molecule has 4 aromatic rings. The lowest BCUT2D eigenvalue weighted by Crippen LogP contribution is -2.31. The number of ether oxygens (including phenoxy) is 2. The molecule has 0 bridgehead atoms.